The fourth-order valence-electron chi connectivity index (χ4n) is 2.88. The second kappa shape index (κ2) is 4.67. The molecule has 17 heavy (non-hydrogen) atoms. The molecule has 0 amide bonds. The maximum Gasteiger partial charge on any atom is 0.0421 e. The minimum absolute atomic E-state index is 0.592. The first-order valence-corrected chi connectivity index (χ1v) is 6.63. The smallest absolute Gasteiger partial charge is 0.0421 e. The molecule has 1 aromatic rings. The molecule has 92 valence electrons. The van der Waals surface area contributed by atoms with Crippen LogP contribution in [0.2, 0.25) is 0 Å². The Morgan fingerprint density at radius 1 is 1.29 bits per heavy atom. The first kappa shape index (κ1) is 11.1. The average Bonchev–Trinajstić information content (AvgIpc) is 2.72. The third kappa shape index (κ3) is 2.31. The summed E-state index contributed by atoms with van der Waals surface area (Å²) in [5.74, 6) is 0. The summed E-state index contributed by atoms with van der Waals surface area (Å²) in [5, 5.41) is 7.02. The van der Waals surface area contributed by atoms with E-state index in [-0.39, 0.29) is 0 Å². The lowest BCUT2D eigenvalue weighted by atomic mass is 10.1. The van der Waals surface area contributed by atoms with Crippen molar-refractivity contribution < 1.29 is 0 Å². The number of hydrogen-bond donors (Lipinski definition) is 2. The predicted molar refractivity (Wildman–Crippen MR) is 71.4 cm³/mol. The third-order valence-electron chi connectivity index (χ3n) is 3.76. The number of benzene rings is 1. The molecule has 2 N–H and O–H groups in total. The molecule has 1 fully saturated rings. The summed E-state index contributed by atoms with van der Waals surface area (Å²) in [6.45, 7) is 7.93. The van der Waals surface area contributed by atoms with E-state index in [1.165, 1.54) is 36.3 Å². The first-order valence-electron chi connectivity index (χ1n) is 6.63. The Kier molecular flexibility index (Phi) is 3.04. The Hall–Kier alpha value is -1.06. The first-order chi connectivity index (χ1) is 8.33. The summed E-state index contributed by atoms with van der Waals surface area (Å²) < 4.78 is 0. The maximum atomic E-state index is 3.61. The minimum Gasteiger partial charge on any atom is -0.382 e. The summed E-state index contributed by atoms with van der Waals surface area (Å²) >= 11 is 0. The molecule has 0 aromatic heterocycles. The number of para-hydroxylation sites is 1. The summed E-state index contributed by atoms with van der Waals surface area (Å²) in [7, 11) is 0. The molecule has 1 unspecified atom stereocenters. The van der Waals surface area contributed by atoms with Crippen LogP contribution in [0, 0.1) is 0 Å². The molecule has 1 saturated heterocycles. The molecule has 0 bridgehead atoms. The number of fused-ring (bicyclic) bond motifs is 1. The second-order valence-corrected chi connectivity index (χ2v) is 5.23. The standard InChI is InChI=1S/C14H21N3/c1-11-9-12-3-2-4-13(14(12)16-11)10-17-7-5-15-6-8-17/h2-4,11,15-16H,5-10H2,1H3. The lowest BCUT2D eigenvalue weighted by Gasteiger charge is -2.28. The van der Waals surface area contributed by atoms with Crippen LogP contribution in [0.1, 0.15) is 18.1 Å². The van der Waals surface area contributed by atoms with Gasteiger partial charge in [-0.15, -0.1) is 0 Å². The Bertz CT molecular complexity index is 396. The van der Waals surface area contributed by atoms with Crippen molar-refractivity contribution in [2.75, 3.05) is 31.5 Å². The number of piperazine rings is 1. The zero-order valence-electron chi connectivity index (χ0n) is 10.5. The number of anilines is 1. The van der Waals surface area contributed by atoms with Gasteiger partial charge in [0.05, 0.1) is 0 Å². The van der Waals surface area contributed by atoms with Gasteiger partial charge in [-0.3, -0.25) is 4.90 Å². The van der Waals surface area contributed by atoms with E-state index in [4.69, 9.17) is 0 Å². The molecule has 2 aliphatic heterocycles. The van der Waals surface area contributed by atoms with Crippen LogP contribution in [-0.2, 0) is 13.0 Å². The zero-order chi connectivity index (χ0) is 11.7. The largest absolute Gasteiger partial charge is 0.382 e. The minimum atomic E-state index is 0.592. The highest BCUT2D eigenvalue weighted by Crippen LogP contribution is 2.30. The van der Waals surface area contributed by atoms with Crippen LogP contribution in [-0.4, -0.2) is 37.1 Å². The molecule has 3 nitrogen and oxygen atoms in total. The quantitative estimate of drug-likeness (QED) is 0.806. The molecule has 0 spiro atoms. The molecule has 0 saturated carbocycles. The van der Waals surface area contributed by atoms with Gasteiger partial charge in [0.15, 0.2) is 0 Å². The molecule has 1 atom stereocenters. The van der Waals surface area contributed by atoms with Crippen molar-refractivity contribution in [2.45, 2.75) is 25.9 Å². The molecule has 0 radical (unpaired) electrons. The normalized spacial score (nSPS) is 24.4. The summed E-state index contributed by atoms with van der Waals surface area (Å²) in [6.07, 6.45) is 1.17. The van der Waals surface area contributed by atoms with Crippen molar-refractivity contribution in [3.63, 3.8) is 0 Å². The molecule has 0 aliphatic carbocycles. The van der Waals surface area contributed by atoms with E-state index in [1.54, 1.807) is 0 Å². The Morgan fingerprint density at radius 2 is 2.12 bits per heavy atom. The van der Waals surface area contributed by atoms with Gasteiger partial charge in [0.1, 0.15) is 0 Å². The SMILES string of the molecule is CC1Cc2cccc(CN3CCNCC3)c2N1. The van der Waals surface area contributed by atoms with Crippen molar-refractivity contribution in [1.29, 1.82) is 0 Å². The molecule has 3 heteroatoms. The second-order valence-electron chi connectivity index (χ2n) is 5.23. The van der Waals surface area contributed by atoms with Crippen LogP contribution >= 0.6 is 0 Å². The maximum absolute atomic E-state index is 3.61. The molecular weight excluding hydrogens is 210 g/mol. The van der Waals surface area contributed by atoms with Crippen molar-refractivity contribution in [1.82, 2.24) is 10.2 Å². The van der Waals surface area contributed by atoms with Crippen LogP contribution in [0.15, 0.2) is 18.2 Å². The van der Waals surface area contributed by atoms with E-state index in [0.29, 0.717) is 6.04 Å². The lowest BCUT2D eigenvalue weighted by Crippen LogP contribution is -2.42. The fraction of sp³-hybridized carbons (Fsp3) is 0.571. The molecule has 2 aliphatic rings. The summed E-state index contributed by atoms with van der Waals surface area (Å²) in [4.78, 5) is 2.54. The predicted octanol–water partition coefficient (Wildman–Crippen LogP) is 1.45. The van der Waals surface area contributed by atoms with E-state index in [0.717, 1.165) is 19.6 Å². The van der Waals surface area contributed by atoms with Gasteiger partial charge < -0.3 is 10.6 Å². The summed E-state index contributed by atoms with van der Waals surface area (Å²) in [5.41, 5.74) is 4.36. The van der Waals surface area contributed by atoms with E-state index >= 15 is 0 Å². The lowest BCUT2D eigenvalue weighted by molar-refractivity contribution is 0.233. The van der Waals surface area contributed by atoms with Crippen LogP contribution in [0.3, 0.4) is 0 Å². The van der Waals surface area contributed by atoms with Crippen LogP contribution in [0.5, 0.6) is 0 Å². The van der Waals surface area contributed by atoms with Gasteiger partial charge in [0.25, 0.3) is 0 Å². The van der Waals surface area contributed by atoms with Gasteiger partial charge >= 0.3 is 0 Å². The zero-order valence-corrected chi connectivity index (χ0v) is 10.5. The molecule has 1 aromatic carbocycles. The van der Waals surface area contributed by atoms with E-state index in [1.807, 2.05) is 0 Å². The summed E-state index contributed by atoms with van der Waals surface area (Å²) in [6, 6.07) is 7.32. The van der Waals surface area contributed by atoms with Crippen molar-refractivity contribution in [3.8, 4) is 0 Å². The molecule has 2 heterocycles. The number of nitrogens with zero attached hydrogens (tertiary/aromatic N) is 1. The van der Waals surface area contributed by atoms with Crippen LogP contribution < -0.4 is 10.6 Å². The monoisotopic (exact) mass is 231 g/mol. The average molecular weight is 231 g/mol. The Labute approximate surface area is 103 Å². The van der Waals surface area contributed by atoms with Crippen molar-refractivity contribution >= 4 is 5.69 Å². The van der Waals surface area contributed by atoms with Gasteiger partial charge in [0.2, 0.25) is 0 Å². The molecule has 3 rings (SSSR count). The van der Waals surface area contributed by atoms with E-state index in [9.17, 15) is 0 Å². The Morgan fingerprint density at radius 3 is 2.94 bits per heavy atom. The highest BCUT2D eigenvalue weighted by Gasteiger charge is 2.20. The van der Waals surface area contributed by atoms with E-state index in [2.05, 4.69) is 40.7 Å². The number of hydrogen-bond acceptors (Lipinski definition) is 3. The van der Waals surface area contributed by atoms with Gasteiger partial charge in [-0.25, -0.2) is 0 Å². The van der Waals surface area contributed by atoms with Crippen LogP contribution in [0.4, 0.5) is 5.69 Å². The number of nitrogens with one attached hydrogen (secondary N) is 2. The third-order valence-corrected chi connectivity index (χ3v) is 3.76. The van der Waals surface area contributed by atoms with E-state index < -0.39 is 0 Å². The molecular formula is C14H21N3. The van der Waals surface area contributed by atoms with Gasteiger partial charge in [-0.2, -0.15) is 0 Å². The highest BCUT2D eigenvalue weighted by atomic mass is 15.2. The highest BCUT2D eigenvalue weighted by molar-refractivity contribution is 5.62. The number of rotatable bonds is 2. The fourth-order valence-corrected chi connectivity index (χ4v) is 2.88. The topological polar surface area (TPSA) is 27.3 Å². The van der Waals surface area contributed by atoms with Gasteiger partial charge in [-0.1, -0.05) is 18.2 Å². The van der Waals surface area contributed by atoms with Crippen molar-refractivity contribution in [2.24, 2.45) is 0 Å². The van der Waals surface area contributed by atoms with Gasteiger partial charge in [-0.05, 0) is 24.5 Å². The van der Waals surface area contributed by atoms with Crippen molar-refractivity contribution in [3.05, 3.63) is 29.3 Å². The Balaban J connectivity index is 1.77. The van der Waals surface area contributed by atoms with Crippen LogP contribution in [0.25, 0.3) is 0 Å². The van der Waals surface area contributed by atoms with Gasteiger partial charge in [0, 0.05) is 44.5 Å².